The Balaban J connectivity index is 1.54. The van der Waals surface area contributed by atoms with Gasteiger partial charge in [0.2, 0.25) is 5.91 Å². The maximum absolute atomic E-state index is 12.1. The van der Waals surface area contributed by atoms with E-state index >= 15 is 0 Å². The minimum atomic E-state index is 0.287. The highest BCUT2D eigenvalue weighted by Gasteiger charge is 2.40. The molecule has 0 radical (unpaired) electrons. The normalized spacial score (nSPS) is 21.0. The summed E-state index contributed by atoms with van der Waals surface area (Å²) in [6, 6.07) is 0. The number of ether oxygens (including phenoxy) is 1. The zero-order valence-corrected chi connectivity index (χ0v) is 15.3. The van der Waals surface area contributed by atoms with Crippen LogP contribution in [0.3, 0.4) is 0 Å². The number of aromatic nitrogens is 2. The van der Waals surface area contributed by atoms with Crippen molar-refractivity contribution in [1.82, 2.24) is 19.4 Å². The molecule has 3 heterocycles. The number of carbonyl (C=O) groups is 1. The lowest BCUT2D eigenvalue weighted by atomic mass is 9.72. The number of amides is 1. The lowest BCUT2D eigenvalue weighted by Gasteiger charge is -2.47. The van der Waals surface area contributed by atoms with E-state index < -0.39 is 0 Å². The molecule has 2 fully saturated rings. The summed E-state index contributed by atoms with van der Waals surface area (Å²) in [5.74, 6) is 0.287. The van der Waals surface area contributed by atoms with Crippen LogP contribution in [0.25, 0.3) is 0 Å². The zero-order chi connectivity index (χ0) is 17.7. The van der Waals surface area contributed by atoms with E-state index in [1.54, 1.807) is 7.11 Å². The van der Waals surface area contributed by atoms with Crippen LogP contribution >= 0.6 is 0 Å². The highest BCUT2D eigenvalue weighted by molar-refractivity contribution is 5.77. The monoisotopic (exact) mass is 346 g/mol. The first-order valence-corrected chi connectivity index (χ1v) is 9.25. The summed E-state index contributed by atoms with van der Waals surface area (Å²) in [7, 11) is 1.73. The van der Waals surface area contributed by atoms with Crippen LogP contribution in [-0.4, -0.2) is 65.2 Å². The van der Waals surface area contributed by atoms with Crippen molar-refractivity contribution in [3.63, 3.8) is 0 Å². The Morgan fingerprint density at radius 1 is 1.36 bits per heavy atom. The maximum Gasteiger partial charge on any atom is 0.222 e. The van der Waals surface area contributed by atoms with E-state index in [0.717, 1.165) is 39.1 Å². The molecule has 0 saturated carbocycles. The Morgan fingerprint density at radius 3 is 2.88 bits per heavy atom. The third kappa shape index (κ3) is 4.30. The van der Waals surface area contributed by atoms with Crippen molar-refractivity contribution in [1.29, 1.82) is 0 Å². The third-order valence-corrected chi connectivity index (χ3v) is 5.73. The van der Waals surface area contributed by atoms with Crippen molar-refractivity contribution in [3.8, 4) is 0 Å². The molecule has 3 rings (SSSR count). The molecule has 6 nitrogen and oxygen atoms in total. The molecule has 0 N–H and O–H groups in total. The van der Waals surface area contributed by atoms with Gasteiger partial charge in [-0.1, -0.05) is 6.08 Å². The van der Waals surface area contributed by atoms with E-state index in [1.165, 1.54) is 18.5 Å². The van der Waals surface area contributed by atoms with Crippen molar-refractivity contribution < 1.29 is 9.53 Å². The van der Waals surface area contributed by atoms with Gasteiger partial charge in [-0.05, 0) is 37.8 Å². The largest absolute Gasteiger partial charge is 0.383 e. The molecule has 1 aromatic rings. The van der Waals surface area contributed by atoms with E-state index in [4.69, 9.17) is 4.74 Å². The van der Waals surface area contributed by atoms with Crippen LogP contribution in [0.4, 0.5) is 0 Å². The fraction of sp³-hybridized carbons (Fsp3) is 0.684. The van der Waals surface area contributed by atoms with Gasteiger partial charge in [0.25, 0.3) is 0 Å². The van der Waals surface area contributed by atoms with Crippen molar-refractivity contribution >= 4 is 5.91 Å². The summed E-state index contributed by atoms with van der Waals surface area (Å²) < 4.78 is 7.35. The molecule has 0 aliphatic carbocycles. The van der Waals surface area contributed by atoms with Gasteiger partial charge in [0.05, 0.1) is 18.6 Å². The molecule has 1 aromatic heterocycles. The van der Waals surface area contributed by atoms with Gasteiger partial charge in [-0.25, -0.2) is 4.98 Å². The van der Waals surface area contributed by atoms with E-state index in [2.05, 4.69) is 21.0 Å². The van der Waals surface area contributed by atoms with E-state index in [0.29, 0.717) is 25.0 Å². The van der Waals surface area contributed by atoms with Crippen LogP contribution in [0.2, 0.25) is 0 Å². The summed E-state index contributed by atoms with van der Waals surface area (Å²) in [4.78, 5) is 20.9. The number of hydrogen-bond donors (Lipinski definition) is 0. The fourth-order valence-corrected chi connectivity index (χ4v) is 4.12. The molecule has 2 aliphatic rings. The lowest BCUT2D eigenvalue weighted by molar-refractivity contribution is -0.138. The molecule has 2 saturated heterocycles. The van der Waals surface area contributed by atoms with Crippen LogP contribution in [0, 0.1) is 5.41 Å². The Bertz CT molecular complexity index is 590. The van der Waals surface area contributed by atoms with Crippen LogP contribution in [0.15, 0.2) is 25.2 Å². The summed E-state index contributed by atoms with van der Waals surface area (Å²) in [6.07, 6.45) is 9.76. The summed E-state index contributed by atoms with van der Waals surface area (Å²) in [5.41, 5.74) is 1.56. The van der Waals surface area contributed by atoms with Crippen LogP contribution in [0.5, 0.6) is 0 Å². The molecule has 0 unspecified atom stereocenters. The number of piperidine rings is 2. The molecule has 1 amide bonds. The van der Waals surface area contributed by atoms with Gasteiger partial charge in [-0.2, -0.15) is 0 Å². The minimum absolute atomic E-state index is 0.287. The van der Waals surface area contributed by atoms with Crippen LogP contribution in [0.1, 0.15) is 31.4 Å². The Morgan fingerprint density at radius 2 is 2.16 bits per heavy atom. The van der Waals surface area contributed by atoms with Gasteiger partial charge >= 0.3 is 0 Å². The second kappa shape index (κ2) is 8.15. The highest BCUT2D eigenvalue weighted by Crippen LogP contribution is 2.40. The van der Waals surface area contributed by atoms with Crippen LogP contribution < -0.4 is 0 Å². The molecular weight excluding hydrogens is 316 g/mol. The van der Waals surface area contributed by atoms with E-state index in [1.807, 2.05) is 23.5 Å². The second-order valence-corrected chi connectivity index (χ2v) is 7.41. The zero-order valence-electron chi connectivity index (χ0n) is 15.3. The third-order valence-electron chi connectivity index (χ3n) is 5.73. The minimum Gasteiger partial charge on any atom is -0.383 e. The van der Waals surface area contributed by atoms with Gasteiger partial charge in [-0.15, -0.1) is 6.58 Å². The molecule has 6 heteroatoms. The fourth-order valence-electron chi connectivity index (χ4n) is 4.12. The van der Waals surface area contributed by atoms with E-state index in [9.17, 15) is 4.79 Å². The van der Waals surface area contributed by atoms with Crippen LogP contribution in [-0.2, 0) is 22.6 Å². The Hall–Kier alpha value is -1.66. The highest BCUT2D eigenvalue weighted by atomic mass is 16.5. The van der Waals surface area contributed by atoms with Crippen molar-refractivity contribution in [2.24, 2.45) is 5.41 Å². The molecule has 138 valence electrons. The number of nitrogens with zero attached hydrogens (tertiary/aromatic N) is 4. The molecule has 1 spiro atoms. The topological polar surface area (TPSA) is 50.6 Å². The second-order valence-electron chi connectivity index (χ2n) is 7.41. The molecule has 0 atom stereocenters. The smallest absolute Gasteiger partial charge is 0.222 e. The standard InChI is InChI=1S/C19H30N4O2/c1-3-8-22-15-19(5-4-18(22)24)6-9-21(10-7-19)14-17-13-20-16-23(17)11-12-25-2/h3,13,16H,1,4-12,14-15H2,2H3. The average Bonchev–Trinajstić information content (AvgIpc) is 3.06. The first kappa shape index (κ1) is 18.1. The van der Waals surface area contributed by atoms with Crippen molar-refractivity contribution in [3.05, 3.63) is 30.9 Å². The van der Waals surface area contributed by atoms with Gasteiger partial charge in [0, 0.05) is 45.9 Å². The van der Waals surface area contributed by atoms with Gasteiger partial charge in [0.15, 0.2) is 0 Å². The number of imidazole rings is 1. The Labute approximate surface area is 150 Å². The predicted octanol–water partition coefficient (Wildman–Crippen LogP) is 1.92. The number of rotatable bonds is 7. The lowest BCUT2D eigenvalue weighted by Crippen LogP contribution is -2.51. The van der Waals surface area contributed by atoms with Crippen molar-refractivity contribution in [2.45, 2.75) is 38.8 Å². The van der Waals surface area contributed by atoms with Gasteiger partial charge in [-0.3, -0.25) is 9.69 Å². The Kier molecular flexibility index (Phi) is 5.91. The quantitative estimate of drug-likeness (QED) is 0.708. The summed E-state index contributed by atoms with van der Waals surface area (Å²) >= 11 is 0. The molecule has 0 aromatic carbocycles. The summed E-state index contributed by atoms with van der Waals surface area (Å²) in [5, 5.41) is 0. The summed E-state index contributed by atoms with van der Waals surface area (Å²) in [6.45, 7) is 10.0. The van der Waals surface area contributed by atoms with Gasteiger partial charge < -0.3 is 14.2 Å². The number of carbonyl (C=O) groups excluding carboxylic acids is 1. The average molecular weight is 346 g/mol. The number of methoxy groups -OCH3 is 1. The van der Waals surface area contributed by atoms with E-state index in [-0.39, 0.29) is 5.91 Å². The molecular formula is C19H30N4O2. The molecule has 25 heavy (non-hydrogen) atoms. The van der Waals surface area contributed by atoms with Gasteiger partial charge in [0.1, 0.15) is 0 Å². The van der Waals surface area contributed by atoms with Crippen molar-refractivity contribution in [2.75, 3.05) is 39.9 Å². The number of hydrogen-bond acceptors (Lipinski definition) is 4. The molecule has 2 aliphatic heterocycles. The maximum atomic E-state index is 12.1. The first-order chi connectivity index (χ1) is 12.2. The predicted molar refractivity (Wildman–Crippen MR) is 97.1 cm³/mol. The molecule has 0 bridgehead atoms. The SMILES string of the molecule is C=CCN1CC2(CCC1=O)CCN(Cc1cncn1CCOC)CC2. The first-order valence-electron chi connectivity index (χ1n) is 9.25. The number of likely N-dealkylation sites (tertiary alicyclic amines) is 2.